The van der Waals surface area contributed by atoms with Crippen molar-refractivity contribution in [3.8, 4) is 5.75 Å². The molecular weight excluding hydrogens is 384 g/mol. The highest BCUT2D eigenvalue weighted by molar-refractivity contribution is 5.92. The molecule has 2 aliphatic heterocycles. The number of rotatable bonds is 5. The van der Waals surface area contributed by atoms with Gasteiger partial charge in [-0.15, -0.1) is 0 Å². The molecule has 0 N–H and O–H groups in total. The molecule has 0 atom stereocenters. The summed E-state index contributed by atoms with van der Waals surface area (Å²) in [6.45, 7) is 12.1. The summed E-state index contributed by atoms with van der Waals surface area (Å²) >= 11 is 0. The average Bonchev–Trinajstić information content (AvgIpc) is 2.82. The Morgan fingerprint density at radius 3 is 2.81 bits per heavy atom. The number of pyridine rings is 1. The molecule has 0 saturated carbocycles. The molecule has 3 heterocycles. The van der Waals surface area contributed by atoms with Gasteiger partial charge in [-0.2, -0.15) is 0 Å². The minimum Gasteiger partial charge on any atom is -0.486 e. The predicted molar refractivity (Wildman–Crippen MR) is 129 cm³/mol. The van der Waals surface area contributed by atoms with Crippen LogP contribution in [0, 0.1) is 6.92 Å². The van der Waals surface area contributed by atoms with Gasteiger partial charge in [0.05, 0.1) is 5.52 Å². The maximum Gasteiger partial charge on any atom is 0.145 e. The number of fused-ring (bicyclic) bond motifs is 2. The zero-order valence-electron chi connectivity index (χ0n) is 18.1. The average molecular weight is 413 g/mol. The third kappa shape index (κ3) is 4.19. The first-order valence-electron chi connectivity index (χ1n) is 11.0. The van der Waals surface area contributed by atoms with E-state index < -0.39 is 0 Å². The molecule has 0 spiro atoms. The highest BCUT2D eigenvalue weighted by Gasteiger charge is 2.19. The number of aliphatic imine (C=N–C) groups is 1. The number of ether oxygens (including phenoxy) is 1. The molecule has 5 rings (SSSR count). The number of hydrogen-bond acceptors (Lipinski definition) is 5. The van der Waals surface area contributed by atoms with Gasteiger partial charge in [0.15, 0.2) is 0 Å². The number of anilines is 1. The Labute approximate surface area is 183 Å². The van der Waals surface area contributed by atoms with Gasteiger partial charge in [0.25, 0.3) is 0 Å². The SMILES string of the molecule is C=C(CCN1CCN(c2cccc3nc(C)ccc23)CC1)c1ccc2c(c1)N=CCO2. The maximum atomic E-state index is 5.60. The maximum absolute atomic E-state index is 5.60. The molecule has 3 aromatic rings. The van der Waals surface area contributed by atoms with E-state index in [0.29, 0.717) is 6.61 Å². The molecule has 1 aromatic heterocycles. The molecule has 2 aliphatic rings. The Morgan fingerprint density at radius 1 is 1.06 bits per heavy atom. The minimum atomic E-state index is 0.550. The lowest BCUT2D eigenvalue weighted by molar-refractivity contribution is 0.264. The molecular formula is C26H28N4O. The van der Waals surface area contributed by atoms with E-state index in [4.69, 9.17) is 4.74 Å². The minimum absolute atomic E-state index is 0.550. The van der Waals surface area contributed by atoms with Crippen LogP contribution in [0.4, 0.5) is 11.4 Å². The highest BCUT2D eigenvalue weighted by atomic mass is 16.5. The van der Waals surface area contributed by atoms with Gasteiger partial charge in [0, 0.05) is 55.7 Å². The van der Waals surface area contributed by atoms with E-state index in [2.05, 4.69) is 68.8 Å². The molecule has 5 heteroatoms. The molecule has 0 bridgehead atoms. The lowest BCUT2D eigenvalue weighted by Gasteiger charge is -2.36. The predicted octanol–water partition coefficient (Wildman–Crippen LogP) is 4.86. The second-order valence-electron chi connectivity index (χ2n) is 8.28. The van der Waals surface area contributed by atoms with Crippen LogP contribution in [0.25, 0.3) is 16.5 Å². The van der Waals surface area contributed by atoms with Crippen LogP contribution in [0.15, 0.2) is 60.1 Å². The molecule has 1 fully saturated rings. The van der Waals surface area contributed by atoms with Crippen LogP contribution >= 0.6 is 0 Å². The van der Waals surface area contributed by atoms with Gasteiger partial charge in [-0.3, -0.25) is 14.9 Å². The van der Waals surface area contributed by atoms with Gasteiger partial charge >= 0.3 is 0 Å². The number of nitrogens with zero attached hydrogens (tertiary/aromatic N) is 4. The van der Waals surface area contributed by atoms with Crippen molar-refractivity contribution in [1.29, 1.82) is 0 Å². The van der Waals surface area contributed by atoms with Crippen molar-refractivity contribution in [2.45, 2.75) is 13.3 Å². The van der Waals surface area contributed by atoms with E-state index in [-0.39, 0.29) is 0 Å². The summed E-state index contributed by atoms with van der Waals surface area (Å²) in [7, 11) is 0. The van der Waals surface area contributed by atoms with E-state index >= 15 is 0 Å². The molecule has 0 amide bonds. The molecule has 0 radical (unpaired) electrons. The van der Waals surface area contributed by atoms with Crippen molar-refractivity contribution in [1.82, 2.24) is 9.88 Å². The summed E-state index contributed by atoms with van der Waals surface area (Å²) in [5.74, 6) is 0.856. The summed E-state index contributed by atoms with van der Waals surface area (Å²) in [4.78, 5) is 14.2. The first kappa shape index (κ1) is 19.8. The van der Waals surface area contributed by atoms with Crippen molar-refractivity contribution >= 4 is 34.1 Å². The van der Waals surface area contributed by atoms with E-state index in [1.54, 1.807) is 0 Å². The second-order valence-corrected chi connectivity index (χ2v) is 8.28. The lowest BCUT2D eigenvalue weighted by Crippen LogP contribution is -2.46. The lowest BCUT2D eigenvalue weighted by atomic mass is 10.0. The topological polar surface area (TPSA) is 41.0 Å². The van der Waals surface area contributed by atoms with Gasteiger partial charge in [0.2, 0.25) is 0 Å². The normalized spacial score (nSPS) is 16.2. The zero-order valence-corrected chi connectivity index (χ0v) is 18.1. The Hall–Kier alpha value is -3.18. The zero-order chi connectivity index (χ0) is 21.2. The van der Waals surface area contributed by atoms with Gasteiger partial charge in [-0.05, 0) is 60.9 Å². The van der Waals surface area contributed by atoms with Crippen LogP contribution in [0.1, 0.15) is 17.7 Å². The second kappa shape index (κ2) is 8.52. The first-order valence-corrected chi connectivity index (χ1v) is 11.0. The summed E-state index contributed by atoms with van der Waals surface area (Å²) in [5, 5.41) is 1.24. The monoisotopic (exact) mass is 412 g/mol. The van der Waals surface area contributed by atoms with Crippen LogP contribution in [0.5, 0.6) is 5.75 Å². The van der Waals surface area contributed by atoms with Crippen LogP contribution in [0.2, 0.25) is 0 Å². The van der Waals surface area contributed by atoms with E-state index in [0.717, 1.165) is 72.9 Å². The fourth-order valence-electron chi connectivity index (χ4n) is 4.39. The van der Waals surface area contributed by atoms with Gasteiger partial charge in [-0.1, -0.05) is 18.7 Å². The van der Waals surface area contributed by atoms with Gasteiger partial charge in [0.1, 0.15) is 18.0 Å². The van der Waals surface area contributed by atoms with Gasteiger partial charge in [-0.25, -0.2) is 0 Å². The van der Waals surface area contributed by atoms with Crippen LogP contribution < -0.4 is 9.64 Å². The van der Waals surface area contributed by atoms with E-state index in [1.807, 2.05) is 19.2 Å². The first-order chi connectivity index (χ1) is 15.2. The fourth-order valence-corrected chi connectivity index (χ4v) is 4.39. The number of aryl methyl sites for hydroxylation is 1. The number of hydrogen-bond donors (Lipinski definition) is 0. The highest BCUT2D eigenvalue weighted by Crippen LogP contribution is 2.33. The van der Waals surface area contributed by atoms with Crippen molar-refractivity contribution in [2.75, 3.05) is 44.2 Å². The molecule has 31 heavy (non-hydrogen) atoms. The smallest absolute Gasteiger partial charge is 0.145 e. The van der Waals surface area contributed by atoms with Crippen LogP contribution in [-0.4, -0.2) is 55.4 Å². The Kier molecular flexibility index (Phi) is 5.43. The number of piperazine rings is 1. The van der Waals surface area contributed by atoms with Crippen molar-refractivity contribution in [2.24, 2.45) is 4.99 Å². The van der Waals surface area contributed by atoms with Gasteiger partial charge < -0.3 is 9.64 Å². The summed E-state index contributed by atoms with van der Waals surface area (Å²) < 4.78 is 5.60. The fraction of sp³-hybridized carbons (Fsp3) is 0.308. The standard InChI is InChI=1S/C26H28N4O/c1-19(21-7-9-26-24(18-21)27-11-17-31-26)10-12-29-13-15-30(16-14-29)25-5-3-4-23-22(25)8-6-20(2)28-23/h3-9,11,18H,1,10,12-17H2,2H3. The molecule has 1 saturated heterocycles. The summed E-state index contributed by atoms with van der Waals surface area (Å²) in [6.07, 6.45) is 2.77. The Balaban J connectivity index is 1.18. The van der Waals surface area contributed by atoms with Crippen molar-refractivity contribution in [3.63, 3.8) is 0 Å². The number of aromatic nitrogens is 1. The third-order valence-electron chi connectivity index (χ3n) is 6.20. The van der Waals surface area contributed by atoms with Crippen LogP contribution in [0.3, 0.4) is 0 Å². The third-order valence-corrected chi connectivity index (χ3v) is 6.20. The van der Waals surface area contributed by atoms with E-state index in [9.17, 15) is 0 Å². The van der Waals surface area contributed by atoms with Crippen molar-refractivity contribution in [3.05, 3.63) is 66.4 Å². The quantitative estimate of drug-likeness (QED) is 0.600. The Bertz CT molecular complexity index is 1150. The number of benzene rings is 2. The molecule has 158 valence electrons. The van der Waals surface area contributed by atoms with Crippen molar-refractivity contribution < 1.29 is 4.74 Å². The molecule has 0 aliphatic carbocycles. The Morgan fingerprint density at radius 2 is 1.94 bits per heavy atom. The van der Waals surface area contributed by atoms with E-state index in [1.165, 1.54) is 11.1 Å². The van der Waals surface area contributed by atoms with Crippen LogP contribution in [-0.2, 0) is 0 Å². The summed E-state index contributed by atoms with van der Waals surface area (Å²) in [5.41, 5.74) is 6.65. The largest absolute Gasteiger partial charge is 0.486 e. The molecule has 0 unspecified atom stereocenters. The summed E-state index contributed by atoms with van der Waals surface area (Å²) in [6, 6.07) is 16.9. The molecule has 2 aromatic carbocycles. The molecule has 5 nitrogen and oxygen atoms in total.